The predicted octanol–water partition coefficient (Wildman–Crippen LogP) is 4.44. The first-order chi connectivity index (χ1) is 15.0. The van der Waals surface area contributed by atoms with E-state index in [0.717, 1.165) is 16.3 Å². The number of carboxylic acids is 1. The van der Waals surface area contributed by atoms with Gasteiger partial charge in [0.05, 0.1) is 16.2 Å². The molecule has 0 spiro atoms. The molecule has 0 aromatic heterocycles. The Bertz CT molecular complexity index is 1300. The summed E-state index contributed by atoms with van der Waals surface area (Å²) in [4.78, 5) is 28.5. The fourth-order valence-corrected chi connectivity index (χ4v) is 3.93. The Kier molecular flexibility index (Phi) is 5.74. The van der Waals surface area contributed by atoms with E-state index in [-0.39, 0.29) is 18.1 Å². The Morgan fingerprint density at radius 2 is 2.03 bits per heavy atom. The van der Waals surface area contributed by atoms with Gasteiger partial charge in [0, 0.05) is 5.56 Å². The van der Waals surface area contributed by atoms with Gasteiger partial charge >= 0.3 is 5.97 Å². The van der Waals surface area contributed by atoms with E-state index in [9.17, 15) is 9.59 Å². The van der Waals surface area contributed by atoms with Crippen molar-refractivity contribution in [3.63, 3.8) is 0 Å². The molecule has 3 aromatic carbocycles. The maximum atomic E-state index is 12.6. The molecule has 3 aromatic rings. The van der Waals surface area contributed by atoms with Crippen molar-refractivity contribution in [2.75, 3.05) is 6.61 Å². The highest BCUT2D eigenvalue weighted by Crippen LogP contribution is 2.34. The van der Waals surface area contributed by atoms with Crippen LogP contribution >= 0.6 is 11.8 Å². The van der Waals surface area contributed by atoms with Gasteiger partial charge in [0.15, 0.2) is 5.17 Å². The molecule has 0 radical (unpaired) electrons. The molecule has 6 nitrogen and oxygen atoms in total. The summed E-state index contributed by atoms with van der Waals surface area (Å²) >= 11 is 1.17. The van der Waals surface area contributed by atoms with E-state index in [2.05, 4.69) is 16.2 Å². The number of fused-ring (bicyclic) bond motifs is 1. The van der Waals surface area contributed by atoms with Gasteiger partial charge in [0.1, 0.15) is 12.4 Å². The van der Waals surface area contributed by atoms with E-state index in [1.807, 2.05) is 36.4 Å². The largest absolute Gasteiger partial charge is 0.480 e. The molecule has 1 fully saturated rings. The lowest BCUT2D eigenvalue weighted by Gasteiger charge is -2.10. The summed E-state index contributed by atoms with van der Waals surface area (Å²) < 4.78 is 5.69. The van der Waals surface area contributed by atoms with Gasteiger partial charge in [0.2, 0.25) is 0 Å². The van der Waals surface area contributed by atoms with Crippen molar-refractivity contribution >= 4 is 51.3 Å². The topological polar surface area (TPSA) is 88.0 Å². The van der Waals surface area contributed by atoms with Crippen LogP contribution in [0.1, 0.15) is 15.9 Å². The van der Waals surface area contributed by atoms with Crippen molar-refractivity contribution in [3.8, 4) is 18.1 Å². The number of ether oxygens (including phenoxy) is 1. The van der Waals surface area contributed by atoms with Gasteiger partial charge < -0.3 is 15.2 Å². The summed E-state index contributed by atoms with van der Waals surface area (Å²) in [5, 5.41) is 14.2. The number of amidine groups is 1. The highest BCUT2D eigenvalue weighted by molar-refractivity contribution is 8.18. The second-order valence-corrected chi connectivity index (χ2v) is 7.56. The fourth-order valence-electron chi connectivity index (χ4n) is 3.11. The Morgan fingerprint density at radius 3 is 2.84 bits per heavy atom. The van der Waals surface area contributed by atoms with Crippen LogP contribution < -0.4 is 10.1 Å². The average Bonchev–Trinajstić information content (AvgIpc) is 3.11. The minimum absolute atomic E-state index is 0.112. The number of amides is 1. The summed E-state index contributed by atoms with van der Waals surface area (Å²) in [6.07, 6.45) is 7.09. The molecule has 1 aliphatic heterocycles. The first-order valence-corrected chi connectivity index (χ1v) is 10.1. The maximum Gasteiger partial charge on any atom is 0.335 e. The van der Waals surface area contributed by atoms with Crippen molar-refractivity contribution in [1.82, 2.24) is 5.32 Å². The normalized spacial score (nSPS) is 15.8. The van der Waals surface area contributed by atoms with E-state index >= 15 is 0 Å². The summed E-state index contributed by atoms with van der Waals surface area (Å²) in [5.41, 5.74) is 1.31. The molecule has 0 unspecified atom stereocenters. The minimum Gasteiger partial charge on any atom is -0.480 e. The standard InChI is InChI=1S/C24H16N2O4S/c1-2-12-30-20-11-10-15-6-3-4-9-18(15)19(20)14-21-22(27)26-24(31-21)25-17-8-5-7-16(13-17)23(28)29/h1,3-11,13-14H,12H2,(H,28,29)(H,25,26,27)/b21-14+. The van der Waals surface area contributed by atoms with Crippen LogP contribution in [-0.4, -0.2) is 28.8 Å². The van der Waals surface area contributed by atoms with E-state index in [4.69, 9.17) is 16.3 Å². The molecule has 1 amide bonds. The van der Waals surface area contributed by atoms with Crippen LogP contribution in [0.2, 0.25) is 0 Å². The first kappa shape index (κ1) is 20.3. The smallest absolute Gasteiger partial charge is 0.335 e. The van der Waals surface area contributed by atoms with E-state index in [0.29, 0.717) is 21.5 Å². The molecular formula is C24H16N2O4S. The molecule has 0 aliphatic carbocycles. The number of thioether (sulfide) groups is 1. The number of nitrogens with one attached hydrogen (secondary N) is 1. The van der Waals surface area contributed by atoms with Gasteiger partial charge in [0.25, 0.3) is 5.91 Å². The van der Waals surface area contributed by atoms with Crippen LogP contribution in [-0.2, 0) is 4.79 Å². The van der Waals surface area contributed by atoms with Gasteiger partial charge in [-0.25, -0.2) is 9.79 Å². The summed E-state index contributed by atoms with van der Waals surface area (Å²) in [5.74, 6) is 1.70. The van der Waals surface area contributed by atoms with Crippen LogP contribution in [0.15, 0.2) is 70.6 Å². The lowest BCUT2D eigenvalue weighted by Crippen LogP contribution is -2.19. The molecule has 31 heavy (non-hydrogen) atoms. The van der Waals surface area contributed by atoms with E-state index in [1.165, 1.54) is 23.9 Å². The molecule has 1 aliphatic rings. The Hall–Kier alpha value is -4.02. The second-order valence-electron chi connectivity index (χ2n) is 6.53. The lowest BCUT2D eigenvalue weighted by atomic mass is 10.0. The third-order valence-electron chi connectivity index (χ3n) is 4.49. The number of aliphatic imine (C=N–C) groups is 1. The zero-order chi connectivity index (χ0) is 21.8. The number of hydrogen-bond donors (Lipinski definition) is 2. The molecule has 0 saturated carbocycles. The average molecular weight is 428 g/mol. The van der Waals surface area contributed by atoms with Gasteiger partial charge in [-0.05, 0) is 52.9 Å². The fraction of sp³-hybridized carbons (Fsp3) is 0.0417. The molecule has 1 saturated heterocycles. The molecule has 0 bridgehead atoms. The second kappa shape index (κ2) is 8.78. The number of carbonyl (C=O) groups is 2. The van der Waals surface area contributed by atoms with Crippen molar-refractivity contribution in [2.24, 2.45) is 4.99 Å². The quantitative estimate of drug-likeness (QED) is 0.463. The number of hydrogen-bond acceptors (Lipinski definition) is 5. The number of nitrogens with zero attached hydrogens (tertiary/aromatic N) is 1. The summed E-state index contributed by atoms with van der Waals surface area (Å²) in [6, 6.07) is 17.8. The van der Waals surface area contributed by atoms with Crippen LogP contribution in [0.5, 0.6) is 5.75 Å². The van der Waals surface area contributed by atoms with Crippen LogP contribution in [0.4, 0.5) is 5.69 Å². The highest BCUT2D eigenvalue weighted by atomic mass is 32.2. The Labute approximate surface area is 182 Å². The van der Waals surface area contributed by atoms with Crippen LogP contribution in [0.3, 0.4) is 0 Å². The number of benzene rings is 3. The third kappa shape index (κ3) is 4.44. The molecule has 0 atom stereocenters. The monoisotopic (exact) mass is 428 g/mol. The predicted molar refractivity (Wildman–Crippen MR) is 122 cm³/mol. The highest BCUT2D eigenvalue weighted by Gasteiger charge is 2.25. The third-order valence-corrected chi connectivity index (χ3v) is 5.40. The molecule has 1 heterocycles. The molecule has 4 rings (SSSR count). The molecule has 152 valence electrons. The lowest BCUT2D eigenvalue weighted by molar-refractivity contribution is -0.115. The first-order valence-electron chi connectivity index (χ1n) is 9.26. The van der Waals surface area contributed by atoms with Crippen molar-refractivity contribution in [1.29, 1.82) is 0 Å². The van der Waals surface area contributed by atoms with Crippen molar-refractivity contribution in [3.05, 3.63) is 76.7 Å². The maximum absolute atomic E-state index is 12.6. The molecular weight excluding hydrogens is 412 g/mol. The van der Waals surface area contributed by atoms with Crippen LogP contribution in [0, 0.1) is 12.3 Å². The van der Waals surface area contributed by atoms with Gasteiger partial charge in [-0.1, -0.05) is 42.3 Å². The molecule has 7 heteroatoms. The van der Waals surface area contributed by atoms with E-state index < -0.39 is 5.97 Å². The van der Waals surface area contributed by atoms with Crippen molar-refractivity contribution in [2.45, 2.75) is 0 Å². The van der Waals surface area contributed by atoms with Crippen LogP contribution in [0.25, 0.3) is 16.8 Å². The van der Waals surface area contributed by atoms with E-state index in [1.54, 1.807) is 18.2 Å². The number of aromatic carboxylic acids is 1. The summed E-state index contributed by atoms with van der Waals surface area (Å²) in [7, 11) is 0. The van der Waals surface area contributed by atoms with Gasteiger partial charge in [-0.3, -0.25) is 4.79 Å². The van der Waals surface area contributed by atoms with Gasteiger partial charge in [-0.15, -0.1) is 6.42 Å². The van der Waals surface area contributed by atoms with Crippen molar-refractivity contribution < 1.29 is 19.4 Å². The Balaban J connectivity index is 1.71. The molecule has 2 N–H and O–H groups in total. The van der Waals surface area contributed by atoms with Gasteiger partial charge in [-0.2, -0.15) is 0 Å². The zero-order valence-corrected chi connectivity index (χ0v) is 17.0. The number of terminal acetylenes is 1. The zero-order valence-electron chi connectivity index (χ0n) is 16.2. The minimum atomic E-state index is -1.04. The number of carboxylic acid groups (broad SMARTS) is 1. The number of rotatable bonds is 5. The SMILES string of the molecule is C#CCOc1ccc2ccccc2c1/C=C1/SC(=Nc2cccc(C(=O)O)c2)NC1=O. The Morgan fingerprint density at radius 1 is 1.19 bits per heavy atom. The summed E-state index contributed by atoms with van der Waals surface area (Å²) in [6.45, 7) is 0.112. The number of carbonyl (C=O) groups excluding carboxylic acids is 1.